The summed E-state index contributed by atoms with van der Waals surface area (Å²) in [6.07, 6.45) is 3.18. The lowest BCUT2D eigenvalue weighted by Crippen LogP contribution is -2.09. The molecule has 2 aromatic heterocycles. The van der Waals surface area contributed by atoms with Gasteiger partial charge in [-0.3, -0.25) is 15.2 Å². The number of aromatic amines is 1. The molecule has 0 aliphatic heterocycles. The Morgan fingerprint density at radius 3 is 2.61 bits per heavy atom. The zero-order valence-corrected chi connectivity index (χ0v) is 18.8. The smallest absolute Gasteiger partial charge is 0.250 e. The van der Waals surface area contributed by atoms with Crippen molar-refractivity contribution in [1.82, 2.24) is 25.0 Å². The maximum absolute atomic E-state index is 12.5. The van der Waals surface area contributed by atoms with Gasteiger partial charge in [-0.2, -0.15) is 10.1 Å². The molecule has 1 amide bonds. The molecule has 4 aromatic rings. The Bertz CT molecular complexity index is 1310. The predicted octanol–water partition coefficient (Wildman–Crippen LogP) is 3.94. The van der Waals surface area contributed by atoms with E-state index in [1.54, 1.807) is 38.5 Å². The number of carbonyl (C=O) groups excluding carboxylic acids is 1. The molecule has 0 spiro atoms. The van der Waals surface area contributed by atoms with Gasteiger partial charge in [-0.15, -0.1) is 5.10 Å². The highest BCUT2D eigenvalue weighted by Gasteiger charge is 2.14. The van der Waals surface area contributed by atoms with Gasteiger partial charge in [-0.1, -0.05) is 18.2 Å². The number of aromatic nitrogens is 5. The first-order valence-electron chi connectivity index (χ1n) is 10.3. The van der Waals surface area contributed by atoms with Crippen molar-refractivity contribution in [3.8, 4) is 28.6 Å². The third-order valence-electron chi connectivity index (χ3n) is 5.13. The Labute approximate surface area is 191 Å². The van der Waals surface area contributed by atoms with Crippen LogP contribution in [0.3, 0.4) is 0 Å². The van der Waals surface area contributed by atoms with Gasteiger partial charge >= 0.3 is 0 Å². The van der Waals surface area contributed by atoms with Gasteiger partial charge in [0.2, 0.25) is 5.95 Å². The molecular formula is C24H24N6O3. The molecule has 0 saturated heterocycles. The van der Waals surface area contributed by atoms with Gasteiger partial charge in [0.25, 0.3) is 5.91 Å². The van der Waals surface area contributed by atoms with Crippen LogP contribution in [0.2, 0.25) is 0 Å². The van der Waals surface area contributed by atoms with E-state index in [4.69, 9.17) is 9.47 Å². The number of benzene rings is 2. The molecule has 0 atom stereocenters. The molecule has 2 aromatic carbocycles. The third-order valence-corrected chi connectivity index (χ3v) is 5.13. The quantitative estimate of drug-likeness (QED) is 0.418. The fourth-order valence-corrected chi connectivity index (χ4v) is 3.46. The average molecular weight is 444 g/mol. The number of hydrogen-bond donors (Lipinski definition) is 2. The summed E-state index contributed by atoms with van der Waals surface area (Å²) in [4.78, 5) is 16.8. The summed E-state index contributed by atoms with van der Waals surface area (Å²) < 4.78 is 12.5. The summed E-state index contributed by atoms with van der Waals surface area (Å²) in [6.45, 7) is 3.88. The number of anilines is 1. The van der Waals surface area contributed by atoms with E-state index in [0.29, 0.717) is 22.9 Å². The Hall–Kier alpha value is -4.40. The molecule has 9 nitrogen and oxygen atoms in total. The maximum atomic E-state index is 12.5. The van der Waals surface area contributed by atoms with Crippen molar-refractivity contribution >= 4 is 17.9 Å². The average Bonchev–Trinajstić information content (AvgIpc) is 3.41. The molecule has 0 unspecified atom stereocenters. The van der Waals surface area contributed by atoms with Crippen molar-refractivity contribution in [1.29, 1.82) is 0 Å². The van der Waals surface area contributed by atoms with E-state index in [1.165, 1.54) is 6.08 Å². The zero-order chi connectivity index (χ0) is 23.4. The number of H-pyrrole nitrogens is 1. The Morgan fingerprint density at radius 1 is 1.09 bits per heavy atom. The fraction of sp³-hybridized carbons (Fsp3) is 0.167. The van der Waals surface area contributed by atoms with E-state index in [0.717, 1.165) is 22.6 Å². The summed E-state index contributed by atoms with van der Waals surface area (Å²) in [5.74, 6) is 1.50. The van der Waals surface area contributed by atoms with E-state index in [1.807, 2.05) is 48.9 Å². The lowest BCUT2D eigenvalue weighted by atomic mass is 10.2. The molecular weight excluding hydrogens is 420 g/mol. The number of para-hydroxylation sites is 1. The van der Waals surface area contributed by atoms with Gasteiger partial charge in [0.05, 0.1) is 31.2 Å². The van der Waals surface area contributed by atoms with Crippen molar-refractivity contribution in [3.05, 3.63) is 71.6 Å². The number of hydrogen-bond acceptors (Lipinski definition) is 6. The van der Waals surface area contributed by atoms with Crippen LogP contribution in [0.5, 0.6) is 11.5 Å². The van der Waals surface area contributed by atoms with Crippen LogP contribution in [0.4, 0.5) is 5.95 Å². The van der Waals surface area contributed by atoms with Gasteiger partial charge in [0.15, 0.2) is 5.82 Å². The largest absolute Gasteiger partial charge is 0.497 e. The van der Waals surface area contributed by atoms with E-state index in [2.05, 4.69) is 25.6 Å². The molecule has 2 N–H and O–H groups in total. The van der Waals surface area contributed by atoms with E-state index < -0.39 is 0 Å². The molecule has 2 heterocycles. The highest BCUT2D eigenvalue weighted by Crippen LogP contribution is 2.31. The first-order valence-corrected chi connectivity index (χ1v) is 10.3. The minimum atomic E-state index is -0.353. The molecule has 0 aliphatic rings. The number of aryl methyl sites for hydroxylation is 1. The topological polar surface area (TPSA) is 107 Å². The number of rotatable bonds is 7. The highest BCUT2D eigenvalue weighted by molar-refractivity contribution is 6.01. The minimum Gasteiger partial charge on any atom is -0.497 e. The van der Waals surface area contributed by atoms with E-state index in [-0.39, 0.29) is 11.9 Å². The van der Waals surface area contributed by atoms with Gasteiger partial charge in [0.1, 0.15) is 11.5 Å². The molecule has 0 saturated carbocycles. The number of ether oxygens (including phenoxy) is 2. The van der Waals surface area contributed by atoms with Crippen LogP contribution in [0.15, 0.2) is 54.6 Å². The van der Waals surface area contributed by atoms with E-state index in [9.17, 15) is 4.79 Å². The molecule has 33 heavy (non-hydrogen) atoms. The number of methoxy groups -OCH3 is 2. The second kappa shape index (κ2) is 9.39. The van der Waals surface area contributed by atoms with E-state index >= 15 is 0 Å². The second-order valence-corrected chi connectivity index (χ2v) is 7.23. The van der Waals surface area contributed by atoms with Crippen LogP contribution < -0.4 is 14.8 Å². The van der Waals surface area contributed by atoms with Crippen LogP contribution in [0.25, 0.3) is 23.2 Å². The minimum absolute atomic E-state index is 0.158. The van der Waals surface area contributed by atoms with Crippen LogP contribution in [0, 0.1) is 13.8 Å². The van der Waals surface area contributed by atoms with Crippen molar-refractivity contribution < 1.29 is 14.3 Å². The first-order chi connectivity index (χ1) is 16.0. The standard InChI is InChI=1S/C24H24N6O3/c1-15-19(16(2)30(29-15)17-8-6-5-7-9-17)12-13-22(31)25-24-26-23(27-28-24)20-11-10-18(32-3)14-21(20)33-4/h5-14H,1-4H3,(H2,25,26,27,28,31)/b13-12+. The van der Waals surface area contributed by atoms with Crippen molar-refractivity contribution in [3.63, 3.8) is 0 Å². The van der Waals surface area contributed by atoms with Gasteiger partial charge in [-0.25, -0.2) is 4.68 Å². The Balaban J connectivity index is 1.49. The van der Waals surface area contributed by atoms with Crippen LogP contribution in [-0.4, -0.2) is 45.1 Å². The van der Waals surface area contributed by atoms with Crippen molar-refractivity contribution in [2.75, 3.05) is 19.5 Å². The fourth-order valence-electron chi connectivity index (χ4n) is 3.46. The number of nitrogens with one attached hydrogen (secondary N) is 2. The summed E-state index contributed by atoms with van der Waals surface area (Å²) in [5, 5.41) is 14.2. The molecule has 0 bridgehead atoms. The number of carbonyl (C=O) groups is 1. The number of nitrogens with zero attached hydrogens (tertiary/aromatic N) is 4. The molecule has 0 radical (unpaired) electrons. The van der Waals surface area contributed by atoms with Crippen molar-refractivity contribution in [2.24, 2.45) is 0 Å². The van der Waals surface area contributed by atoms with Crippen LogP contribution in [0.1, 0.15) is 17.0 Å². The zero-order valence-electron chi connectivity index (χ0n) is 18.8. The van der Waals surface area contributed by atoms with Crippen LogP contribution >= 0.6 is 0 Å². The van der Waals surface area contributed by atoms with Gasteiger partial charge in [-0.05, 0) is 44.2 Å². The van der Waals surface area contributed by atoms with Gasteiger partial charge in [0, 0.05) is 23.4 Å². The molecule has 9 heteroatoms. The lowest BCUT2D eigenvalue weighted by molar-refractivity contribution is -0.111. The molecule has 0 aliphatic carbocycles. The summed E-state index contributed by atoms with van der Waals surface area (Å²) in [7, 11) is 3.14. The normalized spacial score (nSPS) is 11.0. The Morgan fingerprint density at radius 2 is 1.88 bits per heavy atom. The monoisotopic (exact) mass is 444 g/mol. The Kier molecular flexibility index (Phi) is 6.21. The number of amides is 1. The summed E-state index contributed by atoms with van der Waals surface area (Å²) in [6, 6.07) is 15.2. The SMILES string of the molecule is COc1ccc(-c2nc(NC(=O)/C=C/c3c(C)nn(-c4ccccc4)c3C)n[nH]2)c(OC)c1. The predicted molar refractivity (Wildman–Crippen MR) is 126 cm³/mol. The highest BCUT2D eigenvalue weighted by atomic mass is 16.5. The first kappa shape index (κ1) is 21.8. The summed E-state index contributed by atoms with van der Waals surface area (Å²) in [5.41, 5.74) is 4.31. The lowest BCUT2D eigenvalue weighted by Gasteiger charge is -2.07. The van der Waals surface area contributed by atoms with Gasteiger partial charge < -0.3 is 9.47 Å². The molecule has 168 valence electrons. The molecule has 4 rings (SSSR count). The van der Waals surface area contributed by atoms with Crippen molar-refractivity contribution in [2.45, 2.75) is 13.8 Å². The third kappa shape index (κ3) is 4.62. The summed E-state index contributed by atoms with van der Waals surface area (Å²) >= 11 is 0. The maximum Gasteiger partial charge on any atom is 0.250 e. The molecule has 0 fully saturated rings. The second-order valence-electron chi connectivity index (χ2n) is 7.23. The van der Waals surface area contributed by atoms with Crippen LogP contribution in [-0.2, 0) is 4.79 Å².